The monoisotopic (exact) mass is 377 g/mol. The van der Waals surface area contributed by atoms with Gasteiger partial charge in [-0.3, -0.25) is 9.59 Å². The fourth-order valence-electron chi connectivity index (χ4n) is 3.65. The number of hydrogen-bond acceptors (Lipinski definition) is 6. The van der Waals surface area contributed by atoms with Gasteiger partial charge < -0.3 is 19.6 Å². The lowest BCUT2D eigenvalue weighted by Gasteiger charge is -2.41. The summed E-state index contributed by atoms with van der Waals surface area (Å²) in [7, 11) is 0. The number of carbonyl (C=O) groups excluding carboxylic acids is 2. The number of nitrogens with zero attached hydrogens (tertiary/aromatic N) is 4. The van der Waals surface area contributed by atoms with Crippen LogP contribution >= 0.6 is 0 Å². The molecule has 150 valence electrons. The van der Waals surface area contributed by atoms with Crippen molar-refractivity contribution in [2.45, 2.75) is 64.3 Å². The topological polar surface area (TPSA) is 91.6 Å². The molecule has 27 heavy (non-hydrogen) atoms. The molecule has 0 saturated carbocycles. The molecule has 2 saturated heterocycles. The van der Waals surface area contributed by atoms with E-state index < -0.39 is 0 Å². The largest absolute Gasteiger partial charge is 0.341 e. The van der Waals surface area contributed by atoms with Crippen LogP contribution in [0.25, 0.3) is 0 Å². The Bertz CT molecular complexity index is 667. The number of likely N-dealkylation sites (tertiary alicyclic amines) is 1. The van der Waals surface area contributed by atoms with Crippen LogP contribution in [0.1, 0.15) is 58.2 Å². The van der Waals surface area contributed by atoms with Crippen molar-refractivity contribution >= 4 is 11.8 Å². The van der Waals surface area contributed by atoms with Gasteiger partial charge in [-0.05, 0) is 19.3 Å². The third-order valence-corrected chi connectivity index (χ3v) is 5.24. The predicted octanol–water partition coefficient (Wildman–Crippen LogP) is 1.11. The number of rotatable bonds is 5. The summed E-state index contributed by atoms with van der Waals surface area (Å²) >= 11 is 0. The maximum absolute atomic E-state index is 12.6. The van der Waals surface area contributed by atoms with Crippen molar-refractivity contribution in [1.29, 1.82) is 0 Å². The van der Waals surface area contributed by atoms with Crippen LogP contribution in [-0.4, -0.2) is 70.5 Å². The Morgan fingerprint density at radius 2 is 2.15 bits per heavy atom. The van der Waals surface area contributed by atoms with Gasteiger partial charge in [0.1, 0.15) is 0 Å². The van der Waals surface area contributed by atoms with Crippen molar-refractivity contribution in [3.05, 3.63) is 11.7 Å². The molecule has 3 heterocycles. The number of carbonyl (C=O) groups is 2. The van der Waals surface area contributed by atoms with Crippen LogP contribution in [0, 0.1) is 0 Å². The Kier molecular flexibility index (Phi) is 6.14. The summed E-state index contributed by atoms with van der Waals surface area (Å²) in [5.41, 5.74) is -0.137. The molecule has 1 aromatic heterocycles. The summed E-state index contributed by atoms with van der Waals surface area (Å²) in [5.74, 6) is 1.59. The molecule has 1 N–H and O–H groups in total. The van der Waals surface area contributed by atoms with Gasteiger partial charge in [0.05, 0.1) is 6.54 Å². The van der Waals surface area contributed by atoms with E-state index in [0.717, 1.165) is 32.5 Å². The van der Waals surface area contributed by atoms with Crippen molar-refractivity contribution in [2.75, 3.05) is 32.7 Å². The maximum Gasteiger partial charge on any atom is 0.236 e. The highest BCUT2D eigenvalue weighted by molar-refractivity contribution is 5.80. The van der Waals surface area contributed by atoms with Gasteiger partial charge in [0, 0.05) is 50.5 Å². The molecule has 0 aromatic carbocycles. The van der Waals surface area contributed by atoms with Gasteiger partial charge in [0.15, 0.2) is 5.82 Å². The van der Waals surface area contributed by atoms with E-state index in [-0.39, 0.29) is 23.3 Å². The number of aryl methyl sites for hydroxylation is 1. The van der Waals surface area contributed by atoms with E-state index in [1.165, 1.54) is 0 Å². The first-order valence-electron chi connectivity index (χ1n) is 9.95. The molecule has 8 heteroatoms. The summed E-state index contributed by atoms with van der Waals surface area (Å²) in [5, 5.41) is 7.12. The summed E-state index contributed by atoms with van der Waals surface area (Å²) < 4.78 is 5.29. The molecule has 2 fully saturated rings. The van der Waals surface area contributed by atoms with Crippen LogP contribution in [0.5, 0.6) is 0 Å². The lowest BCUT2D eigenvalue weighted by molar-refractivity contribution is -0.140. The minimum atomic E-state index is -0.137. The number of piperazine rings is 1. The van der Waals surface area contributed by atoms with E-state index in [4.69, 9.17) is 4.52 Å². The van der Waals surface area contributed by atoms with Crippen LogP contribution in [0.3, 0.4) is 0 Å². The minimum Gasteiger partial charge on any atom is -0.341 e. The smallest absolute Gasteiger partial charge is 0.236 e. The average Bonchev–Trinajstić information content (AvgIpc) is 3.11. The number of hydrogen-bond donors (Lipinski definition) is 1. The SMILES string of the molecule is CC(C)(C)c1noc(CCCC(=O)N2CCCC(N3CCNCC3=O)C2)n1. The molecule has 1 aromatic rings. The van der Waals surface area contributed by atoms with Crippen molar-refractivity contribution in [1.82, 2.24) is 25.3 Å². The van der Waals surface area contributed by atoms with E-state index in [1.54, 1.807) is 0 Å². The molecular formula is C19H31N5O3. The normalized spacial score (nSPS) is 21.6. The standard InChI is InChI=1S/C19H31N5O3/c1-19(2,3)18-21-15(27-22-18)7-4-8-16(25)23-10-5-6-14(13-23)24-11-9-20-12-17(24)26/h14,20H,4-13H2,1-3H3. The maximum atomic E-state index is 12.6. The molecule has 8 nitrogen and oxygen atoms in total. The molecule has 0 radical (unpaired) electrons. The number of piperidine rings is 1. The fraction of sp³-hybridized carbons (Fsp3) is 0.789. The van der Waals surface area contributed by atoms with Gasteiger partial charge in [0.2, 0.25) is 17.7 Å². The summed E-state index contributed by atoms with van der Waals surface area (Å²) in [4.78, 5) is 33.0. The predicted molar refractivity (Wildman–Crippen MR) is 100 cm³/mol. The zero-order valence-corrected chi connectivity index (χ0v) is 16.7. The van der Waals surface area contributed by atoms with Gasteiger partial charge in [-0.1, -0.05) is 25.9 Å². The number of nitrogens with one attached hydrogen (secondary N) is 1. The highest BCUT2D eigenvalue weighted by Gasteiger charge is 2.31. The van der Waals surface area contributed by atoms with Crippen LogP contribution in [0.4, 0.5) is 0 Å². The molecule has 2 amide bonds. The Morgan fingerprint density at radius 1 is 1.33 bits per heavy atom. The first-order chi connectivity index (χ1) is 12.8. The second kappa shape index (κ2) is 8.37. The van der Waals surface area contributed by atoms with Crippen LogP contribution < -0.4 is 5.32 Å². The van der Waals surface area contributed by atoms with Crippen molar-refractivity contribution in [2.24, 2.45) is 0 Å². The first kappa shape index (κ1) is 19.8. The van der Waals surface area contributed by atoms with Gasteiger partial charge in [-0.2, -0.15) is 4.98 Å². The zero-order chi connectivity index (χ0) is 19.4. The van der Waals surface area contributed by atoms with Gasteiger partial charge in [-0.25, -0.2) is 0 Å². The number of aromatic nitrogens is 2. The Labute approximate surface area is 160 Å². The molecule has 0 spiro atoms. The fourth-order valence-corrected chi connectivity index (χ4v) is 3.65. The van der Waals surface area contributed by atoms with Crippen LogP contribution in [0.2, 0.25) is 0 Å². The van der Waals surface area contributed by atoms with Gasteiger partial charge >= 0.3 is 0 Å². The van der Waals surface area contributed by atoms with E-state index in [9.17, 15) is 9.59 Å². The van der Waals surface area contributed by atoms with E-state index in [0.29, 0.717) is 44.1 Å². The third-order valence-electron chi connectivity index (χ3n) is 5.24. The molecule has 0 aliphatic carbocycles. The van der Waals surface area contributed by atoms with Gasteiger partial charge in [-0.15, -0.1) is 0 Å². The van der Waals surface area contributed by atoms with Crippen molar-refractivity contribution < 1.29 is 14.1 Å². The second-order valence-electron chi connectivity index (χ2n) is 8.51. The molecule has 3 rings (SSSR count). The Balaban J connectivity index is 1.46. The molecule has 0 bridgehead atoms. The molecular weight excluding hydrogens is 346 g/mol. The average molecular weight is 377 g/mol. The highest BCUT2D eigenvalue weighted by atomic mass is 16.5. The first-order valence-corrected chi connectivity index (χ1v) is 9.95. The molecule has 2 aliphatic rings. The quantitative estimate of drug-likeness (QED) is 0.827. The summed E-state index contributed by atoms with van der Waals surface area (Å²) in [6.45, 7) is 9.54. The lowest BCUT2D eigenvalue weighted by Crippen LogP contribution is -2.57. The lowest BCUT2D eigenvalue weighted by atomic mass is 9.96. The van der Waals surface area contributed by atoms with E-state index >= 15 is 0 Å². The van der Waals surface area contributed by atoms with E-state index in [2.05, 4.69) is 15.5 Å². The van der Waals surface area contributed by atoms with Gasteiger partial charge in [0.25, 0.3) is 0 Å². The molecule has 1 atom stereocenters. The van der Waals surface area contributed by atoms with Crippen molar-refractivity contribution in [3.8, 4) is 0 Å². The Hall–Kier alpha value is -1.96. The van der Waals surface area contributed by atoms with Crippen molar-refractivity contribution in [3.63, 3.8) is 0 Å². The highest BCUT2D eigenvalue weighted by Crippen LogP contribution is 2.20. The van der Waals surface area contributed by atoms with Crippen LogP contribution in [0.15, 0.2) is 4.52 Å². The third kappa shape index (κ3) is 5.06. The second-order valence-corrected chi connectivity index (χ2v) is 8.51. The van der Waals surface area contributed by atoms with E-state index in [1.807, 2.05) is 30.6 Å². The summed E-state index contributed by atoms with van der Waals surface area (Å²) in [6.07, 6.45) is 3.70. The molecule has 1 unspecified atom stereocenters. The molecule has 2 aliphatic heterocycles. The number of amides is 2. The zero-order valence-electron chi connectivity index (χ0n) is 16.7. The minimum absolute atomic E-state index is 0.137. The summed E-state index contributed by atoms with van der Waals surface area (Å²) in [6, 6.07) is 0.155. The Morgan fingerprint density at radius 3 is 2.85 bits per heavy atom. The van der Waals surface area contributed by atoms with Crippen LogP contribution in [-0.2, 0) is 21.4 Å².